The van der Waals surface area contributed by atoms with Gasteiger partial charge in [0.05, 0.1) is 0 Å². The number of aromatic nitrogens is 2. The van der Waals surface area contributed by atoms with Crippen LogP contribution in [0.25, 0.3) is 0 Å². The largest absolute Gasteiger partial charge is 0.410 e. The van der Waals surface area contributed by atoms with Crippen molar-refractivity contribution in [1.29, 1.82) is 0 Å². The van der Waals surface area contributed by atoms with Crippen LogP contribution < -0.4 is 4.23 Å². The molecule has 0 aliphatic rings. The average molecular weight is 169 g/mol. The van der Waals surface area contributed by atoms with Gasteiger partial charge in [-0.3, -0.25) is 0 Å². The van der Waals surface area contributed by atoms with Crippen LogP contribution in [0.1, 0.15) is 5.69 Å². The van der Waals surface area contributed by atoms with Crippen LogP contribution in [0.2, 0.25) is 0 Å². The SMILES string of the molecule is Cc1ccnc(N([SiH3])[SiH3])n1. The molecule has 1 aromatic rings. The molecule has 5 heteroatoms. The van der Waals surface area contributed by atoms with Crippen molar-refractivity contribution in [1.82, 2.24) is 9.97 Å². The Bertz CT molecular complexity index is 226. The topological polar surface area (TPSA) is 29.0 Å². The lowest BCUT2D eigenvalue weighted by Gasteiger charge is -2.09. The van der Waals surface area contributed by atoms with E-state index in [1.807, 2.05) is 13.0 Å². The lowest BCUT2D eigenvalue weighted by atomic mass is 10.5. The van der Waals surface area contributed by atoms with Crippen LogP contribution in [-0.2, 0) is 0 Å². The first-order valence-corrected chi connectivity index (χ1v) is 4.96. The Morgan fingerprint density at radius 1 is 1.50 bits per heavy atom. The Labute approximate surface area is 66.5 Å². The summed E-state index contributed by atoms with van der Waals surface area (Å²) >= 11 is 0. The normalized spacial score (nSPS) is 10.1. The summed E-state index contributed by atoms with van der Waals surface area (Å²) in [5.74, 6) is 0.887. The third-order valence-corrected chi connectivity index (χ3v) is 1.98. The number of hydrogen-bond acceptors (Lipinski definition) is 3. The number of anilines is 1. The highest BCUT2D eigenvalue weighted by Crippen LogP contribution is 1.99. The summed E-state index contributed by atoms with van der Waals surface area (Å²) in [6, 6.07) is 1.91. The summed E-state index contributed by atoms with van der Waals surface area (Å²) in [6.45, 7) is 1.98. The minimum atomic E-state index is 0.887. The van der Waals surface area contributed by atoms with Gasteiger partial charge < -0.3 is 4.23 Å². The minimum absolute atomic E-state index is 0.887. The van der Waals surface area contributed by atoms with Crippen LogP contribution >= 0.6 is 0 Å². The summed E-state index contributed by atoms with van der Waals surface area (Å²) in [4.78, 5) is 8.38. The van der Waals surface area contributed by atoms with Crippen LogP contribution in [0.3, 0.4) is 0 Å². The molecule has 0 aromatic carbocycles. The molecular weight excluding hydrogens is 158 g/mol. The minimum Gasteiger partial charge on any atom is -0.410 e. The van der Waals surface area contributed by atoms with E-state index in [4.69, 9.17) is 0 Å². The van der Waals surface area contributed by atoms with Gasteiger partial charge in [-0.15, -0.1) is 0 Å². The van der Waals surface area contributed by atoms with Crippen LogP contribution in [0.15, 0.2) is 12.3 Å². The van der Waals surface area contributed by atoms with Crippen molar-refractivity contribution in [2.24, 2.45) is 0 Å². The van der Waals surface area contributed by atoms with Gasteiger partial charge in [0.25, 0.3) is 0 Å². The standard InChI is InChI=1S/C5H11N3Si2/c1-4-2-3-6-5(7-4)8(9)10/h2-3H,1,9-10H3. The summed E-state index contributed by atoms with van der Waals surface area (Å²) in [5, 5.41) is 0. The van der Waals surface area contributed by atoms with Gasteiger partial charge in [0.1, 0.15) is 20.8 Å². The van der Waals surface area contributed by atoms with Gasteiger partial charge in [0, 0.05) is 11.9 Å². The molecule has 0 fully saturated rings. The zero-order valence-electron chi connectivity index (χ0n) is 6.50. The Balaban J connectivity index is 2.96. The van der Waals surface area contributed by atoms with Crippen molar-refractivity contribution in [3.8, 4) is 0 Å². The molecule has 1 rings (SSSR count). The molecule has 0 N–H and O–H groups in total. The molecule has 0 bridgehead atoms. The molecule has 1 heterocycles. The highest BCUT2D eigenvalue weighted by molar-refractivity contribution is 6.40. The Morgan fingerprint density at radius 2 is 2.20 bits per heavy atom. The van der Waals surface area contributed by atoms with Crippen molar-refractivity contribution in [3.05, 3.63) is 18.0 Å². The fraction of sp³-hybridized carbons (Fsp3) is 0.200. The quantitative estimate of drug-likeness (QED) is 0.462. The predicted molar refractivity (Wildman–Crippen MR) is 49.1 cm³/mol. The zero-order chi connectivity index (χ0) is 7.56. The maximum absolute atomic E-state index is 4.26. The average Bonchev–Trinajstić information content (AvgIpc) is 1.88. The number of hydrogen-bond donors (Lipinski definition) is 0. The fourth-order valence-electron chi connectivity index (χ4n) is 0.651. The van der Waals surface area contributed by atoms with Gasteiger partial charge in [-0.1, -0.05) is 0 Å². The molecule has 0 saturated heterocycles. The lowest BCUT2D eigenvalue weighted by molar-refractivity contribution is 1.09. The molecule has 0 aliphatic heterocycles. The van der Waals surface area contributed by atoms with E-state index >= 15 is 0 Å². The zero-order valence-corrected chi connectivity index (χ0v) is 10.5. The van der Waals surface area contributed by atoms with Crippen LogP contribution in [-0.4, -0.2) is 30.8 Å². The van der Waals surface area contributed by atoms with Gasteiger partial charge in [0.2, 0.25) is 5.95 Å². The second kappa shape index (κ2) is 2.93. The lowest BCUT2D eigenvalue weighted by Crippen LogP contribution is -2.16. The van der Waals surface area contributed by atoms with E-state index in [2.05, 4.69) is 14.2 Å². The molecule has 10 heavy (non-hydrogen) atoms. The van der Waals surface area contributed by atoms with Crippen LogP contribution in [0.4, 0.5) is 5.95 Å². The fourth-order valence-corrected chi connectivity index (χ4v) is 1.08. The molecule has 1 aromatic heterocycles. The second-order valence-electron chi connectivity index (χ2n) is 2.39. The second-order valence-corrected chi connectivity index (χ2v) is 6.86. The molecule has 0 spiro atoms. The predicted octanol–water partition coefficient (Wildman–Crippen LogP) is -1.85. The Morgan fingerprint density at radius 3 is 2.60 bits per heavy atom. The molecular formula is C5H11N3Si2. The first-order chi connectivity index (χ1) is 4.70. The van der Waals surface area contributed by atoms with Gasteiger partial charge in [0.15, 0.2) is 0 Å². The molecule has 0 atom stereocenters. The summed E-state index contributed by atoms with van der Waals surface area (Å²) in [7, 11) is 2.05. The summed E-state index contributed by atoms with van der Waals surface area (Å²) < 4.78 is 2.16. The molecule has 3 nitrogen and oxygen atoms in total. The highest BCUT2D eigenvalue weighted by Gasteiger charge is 1.94. The number of aryl methyl sites for hydroxylation is 1. The van der Waals surface area contributed by atoms with Gasteiger partial charge >= 0.3 is 0 Å². The highest BCUT2D eigenvalue weighted by atomic mass is 28.2. The van der Waals surface area contributed by atoms with Crippen molar-refractivity contribution < 1.29 is 0 Å². The van der Waals surface area contributed by atoms with E-state index in [-0.39, 0.29) is 0 Å². The van der Waals surface area contributed by atoms with Crippen molar-refractivity contribution in [2.75, 3.05) is 4.23 Å². The van der Waals surface area contributed by atoms with Gasteiger partial charge in [-0.05, 0) is 13.0 Å². The first-order valence-electron chi connectivity index (χ1n) is 3.17. The third kappa shape index (κ3) is 1.64. The maximum Gasteiger partial charge on any atom is 0.207 e. The Hall–Kier alpha value is -0.686. The smallest absolute Gasteiger partial charge is 0.207 e. The molecule has 0 amide bonds. The summed E-state index contributed by atoms with van der Waals surface area (Å²) in [6.07, 6.45) is 1.81. The molecule has 0 radical (unpaired) electrons. The van der Waals surface area contributed by atoms with E-state index in [1.54, 1.807) is 6.20 Å². The van der Waals surface area contributed by atoms with E-state index < -0.39 is 0 Å². The van der Waals surface area contributed by atoms with Gasteiger partial charge in [-0.25, -0.2) is 9.97 Å². The third-order valence-electron chi connectivity index (χ3n) is 1.18. The van der Waals surface area contributed by atoms with E-state index in [1.165, 1.54) is 0 Å². The number of nitrogens with zero attached hydrogens (tertiary/aromatic N) is 3. The summed E-state index contributed by atoms with van der Waals surface area (Å²) in [5.41, 5.74) is 1.04. The van der Waals surface area contributed by atoms with E-state index in [0.717, 1.165) is 32.5 Å². The van der Waals surface area contributed by atoms with E-state index in [0.29, 0.717) is 0 Å². The van der Waals surface area contributed by atoms with E-state index in [9.17, 15) is 0 Å². The Kier molecular flexibility index (Phi) is 2.18. The molecule has 0 unspecified atom stereocenters. The maximum atomic E-state index is 4.26. The van der Waals surface area contributed by atoms with Crippen molar-refractivity contribution in [2.45, 2.75) is 6.92 Å². The van der Waals surface area contributed by atoms with Gasteiger partial charge in [-0.2, -0.15) is 0 Å². The molecule has 0 saturated carbocycles. The number of rotatable bonds is 1. The first kappa shape index (κ1) is 7.42. The van der Waals surface area contributed by atoms with Crippen molar-refractivity contribution in [3.63, 3.8) is 0 Å². The van der Waals surface area contributed by atoms with Crippen LogP contribution in [0.5, 0.6) is 0 Å². The molecule has 54 valence electrons. The van der Waals surface area contributed by atoms with Crippen molar-refractivity contribution >= 4 is 26.8 Å². The molecule has 0 aliphatic carbocycles. The van der Waals surface area contributed by atoms with Crippen LogP contribution in [0, 0.1) is 6.92 Å². The monoisotopic (exact) mass is 169 g/mol.